The lowest BCUT2D eigenvalue weighted by Gasteiger charge is -2.30. The molecule has 8 nitrogen and oxygen atoms in total. The third-order valence-corrected chi connectivity index (χ3v) is 6.20. The Hall–Kier alpha value is -1.92. The Balaban J connectivity index is 2.09. The fraction of sp³-hybridized carbons (Fsp3) is 0.500. The molecule has 1 saturated heterocycles. The van der Waals surface area contributed by atoms with Crippen LogP contribution in [0.5, 0.6) is 0 Å². The van der Waals surface area contributed by atoms with Gasteiger partial charge in [0.15, 0.2) is 4.90 Å². The minimum absolute atomic E-state index is 0.000643. The van der Waals surface area contributed by atoms with Crippen molar-refractivity contribution in [1.82, 2.24) is 9.62 Å². The second-order valence-corrected chi connectivity index (χ2v) is 8.22. The van der Waals surface area contributed by atoms with E-state index in [1.54, 1.807) is 5.32 Å². The van der Waals surface area contributed by atoms with Crippen LogP contribution in [0.25, 0.3) is 0 Å². The Morgan fingerprint density at radius 2 is 1.93 bits per heavy atom. The zero-order chi connectivity index (χ0) is 20.4. The molecule has 1 aliphatic heterocycles. The number of piperidine rings is 1. The van der Waals surface area contributed by atoms with Crippen LogP contribution in [0.1, 0.15) is 12.8 Å². The molecule has 0 radical (unpaired) electrons. The van der Waals surface area contributed by atoms with E-state index in [0.29, 0.717) is 0 Å². The predicted molar refractivity (Wildman–Crippen MR) is 88.7 cm³/mol. The van der Waals surface area contributed by atoms with Crippen molar-refractivity contribution in [3.63, 3.8) is 0 Å². The number of rotatable bonds is 5. The average Bonchev–Trinajstić information content (AvgIpc) is 2.58. The SMILES string of the molecule is O=C(NCC(F)(F)F)C1CCN(S(=O)(=O)c2ccc(Cl)cc2[N+](=O)[O-])CC1. The highest BCUT2D eigenvalue weighted by Gasteiger charge is 2.36. The molecule has 1 aromatic carbocycles. The highest BCUT2D eigenvalue weighted by molar-refractivity contribution is 7.89. The molecule has 1 aromatic rings. The Kier molecular flexibility index (Phi) is 6.32. The first-order chi connectivity index (χ1) is 12.4. The van der Waals surface area contributed by atoms with E-state index in [1.807, 2.05) is 0 Å². The van der Waals surface area contributed by atoms with E-state index in [9.17, 15) is 36.5 Å². The van der Waals surface area contributed by atoms with Gasteiger partial charge in [0.05, 0.1) is 4.92 Å². The van der Waals surface area contributed by atoms with Gasteiger partial charge in [-0.05, 0) is 25.0 Å². The van der Waals surface area contributed by atoms with E-state index in [0.717, 1.165) is 16.4 Å². The molecular weight excluding hydrogens is 415 g/mol. The van der Waals surface area contributed by atoms with E-state index in [4.69, 9.17) is 11.6 Å². The molecule has 27 heavy (non-hydrogen) atoms. The van der Waals surface area contributed by atoms with Crippen LogP contribution < -0.4 is 5.32 Å². The van der Waals surface area contributed by atoms with Gasteiger partial charge in [0.25, 0.3) is 5.69 Å². The molecule has 13 heteroatoms. The summed E-state index contributed by atoms with van der Waals surface area (Å²) in [7, 11) is -4.22. The lowest BCUT2D eigenvalue weighted by molar-refractivity contribution is -0.387. The van der Waals surface area contributed by atoms with Crippen LogP contribution in [-0.2, 0) is 14.8 Å². The zero-order valence-corrected chi connectivity index (χ0v) is 15.3. The minimum atomic E-state index is -4.53. The van der Waals surface area contributed by atoms with Gasteiger partial charge in [0.2, 0.25) is 15.9 Å². The van der Waals surface area contributed by atoms with Crippen LogP contribution in [0.3, 0.4) is 0 Å². The number of benzene rings is 1. The molecule has 1 fully saturated rings. The number of hydrogen-bond donors (Lipinski definition) is 1. The number of carbonyl (C=O) groups excluding carboxylic acids is 1. The smallest absolute Gasteiger partial charge is 0.347 e. The van der Waals surface area contributed by atoms with Crippen LogP contribution in [-0.4, -0.2) is 49.4 Å². The van der Waals surface area contributed by atoms with Crippen molar-refractivity contribution in [3.8, 4) is 0 Å². The summed E-state index contributed by atoms with van der Waals surface area (Å²) in [5.41, 5.74) is -0.674. The van der Waals surface area contributed by atoms with Crippen LogP contribution in [0.2, 0.25) is 5.02 Å². The quantitative estimate of drug-likeness (QED) is 0.570. The number of nitro benzene ring substituents is 1. The van der Waals surface area contributed by atoms with E-state index < -0.39 is 50.1 Å². The summed E-state index contributed by atoms with van der Waals surface area (Å²) in [6.07, 6.45) is -4.53. The third-order valence-electron chi connectivity index (χ3n) is 4.02. The number of nitro groups is 1. The lowest BCUT2D eigenvalue weighted by Crippen LogP contribution is -2.44. The molecule has 1 heterocycles. The minimum Gasteiger partial charge on any atom is -0.347 e. The van der Waals surface area contributed by atoms with Gasteiger partial charge in [-0.2, -0.15) is 17.5 Å². The molecule has 2 rings (SSSR count). The van der Waals surface area contributed by atoms with Gasteiger partial charge < -0.3 is 5.32 Å². The van der Waals surface area contributed by atoms with Crippen molar-refractivity contribution in [1.29, 1.82) is 0 Å². The van der Waals surface area contributed by atoms with Crippen LogP contribution in [0.4, 0.5) is 18.9 Å². The maximum absolute atomic E-state index is 12.7. The largest absolute Gasteiger partial charge is 0.405 e. The van der Waals surface area contributed by atoms with Gasteiger partial charge in [-0.3, -0.25) is 14.9 Å². The number of carbonyl (C=O) groups is 1. The molecule has 1 aliphatic rings. The summed E-state index contributed by atoms with van der Waals surface area (Å²) >= 11 is 5.68. The van der Waals surface area contributed by atoms with Crippen molar-refractivity contribution >= 4 is 33.2 Å². The summed E-state index contributed by atoms with van der Waals surface area (Å²) in [5.74, 6) is -1.57. The van der Waals surface area contributed by atoms with Crippen molar-refractivity contribution in [2.75, 3.05) is 19.6 Å². The maximum atomic E-state index is 12.7. The number of nitrogens with one attached hydrogen (secondary N) is 1. The first kappa shape index (κ1) is 21.4. The second-order valence-electron chi connectivity index (χ2n) is 5.88. The summed E-state index contributed by atoms with van der Waals surface area (Å²) in [6.45, 7) is -1.75. The molecule has 150 valence electrons. The van der Waals surface area contributed by atoms with E-state index in [2.05, 4.69) is 0 Å². The first-order valence-electron chi connectivity index (χ1n) is 7.70. The number of alkyl halides is 3. The monoisotopic (exact) mass is 429 g/mol. The van der Waals surface area contributed by atoms with Gasteiger partial charge in [0, 0.05) is 30.1 Å². The Labute approximate surface area is 157 Å². The highest BCUT2D eigenvalue weighted by Crippen LogP contribution is 2.31. The number of hydrogen-bond acceptors (Lipinski definition) is 5. The number of nitrogens with zero attached hydrogens (tertiary/aromatic N) is 2. The van der Waals surface area contributed by atoms with Gasteiger partial charge in [-0.15, -0.1) is 0 Å². The van der Waals surface area contributed by atoms with Crippen molar-refractivity contribution in [2.24, 2.45) is 5.92 Å². The molecule has 0 unspecified atom stereocenters. The maximum Gasteiger partial charge on any atom is 0.405 e. The summed E-state index contributed by atoms with van der Waals surface area (Å²) < 4.78 is 62.8. The van der Waals surface area contributed by atoms with Crippen molar-refractivity contribution < 1.29 is 31.3 Å². The van der Waals surface area contributed by atoms with Gasteiger partial charge in [0.1, 0.15) is 6.54 Å². The second kappa shape index (κ2) is 7.98. The molecule has 1 N–H and O–H groups in total. The molecule has 0 aromatic heterocycles. The van der Waals surface area contributed by atoms with Crippen molar-refractivity contribution in [2.45, 2.75) is 23.9 Å². The fourth-order valence-corrected chi connectivity index (χ4v) is 4.45. The van der Waals surface area contributed by atoms with Gasteiger partial charge in [-0.25, -0.2) is 8.42 Å². The normalized spacial score (nSPS) is 16.9. The highest BCUT2D eigenvalue weighted by atomic mass is 35.5. The predicted octanol–water partition coefficient (Wildman–Crippen LogP) is 2.33. The molecular formula is C14H15ClF3N3O5S. The van der Waals surface area contributed by atoms with Crippen molar-refractivity contribution in [3.05, 3.63) is 33.3 Å². The summed E-state index contributed by atoms with van der Waals surface area (Å²) in [5, 5.41) is 12.9. The molecule has 0 bridgehead atoms. The van der Waals surface area contributed by atoms with E-state index in [1.165, 1.54) is 6.07 Å². The molecule has 0 atom stereocenters. The fourth-order valence-electron chi connectivity index (χ4n) is 2.68. The van der Waals surface area contributed by atoms with E-state index in [-0.39, 0.29) is 31.0 Å². The molecule has 0 saturated carbocycles. The van der Waals surface area contributed by atoms with Gasteiger partial charge in [-0.1, -0.05) is 11.6 Å². The Morgan fingerprint density at radius 3 is 2.44 bits per heavy atom. The zero-order valence-electron chi connectivity index (χ0n) is 13.7. The number of sulfonamides is 1. The summed E-state index contributed by atoms with van der Waals surface area (Å²) in [4.78, 5) is 21.5. The van der Waals surface area contributed by atoms with Crippen LogP contribution in [0.15, 0.2) is 23.1 Å². The Morgan fingerprint density at radius 1 is 1.33 bits per heavy atom. The Bertz CT molecular complexity index is 839. The summed E-state index contributed by atoms with van der Waals surface area (Å²) in [6, 6.07) is 3.16. The molecule has 1 amide bonds. The topological polar surface area (TPSA) is 110 Å². The number of amides is 1. The molecule has 0 aliphatic carbocycles. The standard InChI is InChI=1S/C14H15ClF3N3O5S/c15-10-1-2-12(11(7-10)21(23)24)27(25,26)20-5-3-9(4-6-20)13(22)19-8-14(16,17)18/h1-2,7,9H,3-6,8H2,(H,19,22). The van der Waals surface area contributed by atoms with Gasteiger partial charge >= 0.3 is 6.18 Å². The van der Waals surface area contributed by atoms with Crippen LogP contribution >= 0.6 is 11.6 Å². The number of halogens is 4. The van der Waals surface area contributed by atoms with Crippen LogP contribution in [0, 0.1) is 16.0 Å². The lowest BCUT2D eigenvalue weighted by atomic mass is 9.97. The first-order valence-corrected chi connectivity index (χ1v) is 9.52. The molecule has 0 spiro atoms. The van der Waals surface area contributed by atoms with E-state index >= 15 is 0 Å². The average molecular weight is 430 g/mol. The third kappa shape index (κ3) is 5.30.